The van der Waals surface area contributed by atoms with Crippen molar-refractivity contribution in [1.82, 2.24) is 25.9 Å². The predicted octanol–water partition coefficient (Wildman–Crippen LogP) is 5.09. The lowest BCUT2D eigenvalue weighted by Crippen LogP contribution is -2.36. The van der Waals surface area contributed by atoms with E-state index in [1.807, 2.05) is 13.1 Å². The number of pyridine rings is 2. The van der Waals surface area contributed by atoms with E-state index in [2.05, 4.69) is 58.3 Å². The van der Waals surface area contributed by atoms with Gasteiger partial charge in [0.15, 0.2) is 0 Å². The van der Waals surface area contributed by atoms with Crippen molar-refractivity contribution < 1.29 is 9.13 Å². The highest BCUT2D eigenvalue weighted by atomic mass is 35.5. The van der Waals surface area contributed by atoms with Crippen LogP contribution in [0.2, 0.25) is 5.02 Å². The number of rotatable bonds is 7. The number of nitrogens with zero attached hydrogens (tertiary/aromatic N) is 3. The Morgan fingerprint density at radius 3 is 2.70 bits per heavy atom. The number of nitrogens with one attached hydrogen (secondary N) is 4. The van der Waals surface area contributed by atoms with Crippen molar-refractivity contribution in [1.29, 1.82) is 0 Å². The average Bonchev–Trinajstić information content (AvgIpc) is 3.20. The fourth-order valence-electron chi connectivity index (χ4n) is 4.19. The third-order valence-corrected chi connectivity index (χ3v) is 6.25. The van der Waals surface area contributed by atoms with Gasteiger partial charge in [-0.15, -0.1) is 12.0 Å². The van der Waals surface area contributed by atoms with Gasteiger partial charge in [-0.05, 0) is 30.5 Å². The van der Waals surface area contributed by atoms with Gasteiger partial charge in [-0.1, -0.05) is 44.4 Å². The number of aromatic nitrogens is 2. The monoisotopic (exact) mass is 523 g/mol. The molecule has 0 aliphatic carbocycles. The van der Waals surface area contributed by atoms with Gasteiger partial charge < -0.3 is 20.8 Å². The molecular formula is C27H31ClFN7O. The summed E-state index contributed by atoms with van der Waals surface area (Å²) in [6.45, 7) is 8.89. The Hall–Kier alpha value is -3.74. The van der Waals surface area contributed by atoms with E-state index in [0.29, 0.717) is 45.6 Å². The highest BCUT2D eigenvalue weighted by Crippen LogP contribution is 2.37. The highest BCUT2D eigenvalue weighted by molar-refractivity contribution is 6.35. The molecule has 0 unspecified atom stereocenters. The molecule has 0 saturated heterocycles. The van der Waals surface area contributed by atoms with Crippen molar-refractivity contribution in [3.8, 4) is 12.3 Å². The smallest absolute Gasteiger partial charge is 0.228 e. The molecule has 4 N–H and O–H groups in total. The summed E-state index contributed by atoms with van der Waals surface area (Å²) < 4.78 is 19.5. The molecule has 1 aliphatic heterocycles. The Labute approximate surface area is 221 Å². The number of hydrogen-bond donors (Lipinski definition) is 4. The molecule has 8 nitrogen and oxygen atoms in total. The van der Waals surface area contributed by atoms with E-state index in [-0.39, 0.29) is 5.41 Å². The standard InChI is InChI=1S/C27H31ClFN7O/c1-8-16-13-30-23-19(22(16)31-14-27(3,4)5)11-17(12-20(23)28)33-24(18-9-10-21(29)32-15(18)2)25-26(37-7)36(6)35-34-25/h1,9-13,24,33-35H,14H2,2-7H3,(H,30,31)/t24-/m0/s1. The van der Waals surface area contributed by atoms with Crippen LogP contribution in [-0.2, 0) is 4.74 Å². The van der Waals surface area contributed by atoms with E-state index in [4.69, 9.17) is 22.8 Å². The number of hydrazine groups is 2. The fourth-order valence-corrected chi connectivity index (χ4v) is 4.45. The number of terminal acetylenes is 1. The summed E-state index contributed by atoms with van der Waals surface area (Å²) in [6.07, 6.45) is 7.47. The van der Waals surface area contributed by atoms with Gasteiger partial charge in [0.2, 0.25) is 11.8 Å². The number of ether oxygens (including phenoxy) is 1. The predicted molar refractivity (Wildman–Crippen MR) is 146 cm³/mol. The molecule has 194 valence electrons. The van der Waals surface area contributed by atoms with Crippen LogP contribution in [0.4, 0.5) is 15.8 Å². The van der Waals surface area contributed by atoms with Gasteiger partial charge in [0, 0.05) is 42.1 Å². The number of benzene rings is 1. The van der Waals surface area contributed by atoms with Gasteiger partial charge in [0.1, 0.15) is 11.7 Å². The zero-order chi connectivity index (χ0) is 26.9. The molecule has 3 heterocycles. The van der Waals surface area contributed by atoms with Crippen molar-refractivity contribution in [3.63, 3.8) is 0 Å². The molecule has 10 heteroatoms. The molecule has 4 rings (SSSR count). The summed E-state index contributed by atoms with van der Waals surface area (Å²) in [4.78, 5) is 8.55. The molecule has 0 bridgehead atoms. The maximum absolute atomic E-state index is 13.9. The largest absolute Gasteiger partial charge is 0.480 e. The second-order valence-corrected chi connectivity index (χ2v) is 10.5. The van der Waals surface area contributed by atoms with Crippen molar-refractivity contribution >= 4 is 33.9 Å². The Morgan fingerprint density at radius 1 is 1.30 bits per heavy atom. The lowest BCUT2D eigenvalue weighted by molar-refractivity contribution is 0.149. The van der Waals surface area contributed by atoms with Gasteiger partial charge >= 0.3 is 0 Å². The van der Waals surface area contributed by atoms with Gasteiger partial charge in [0.25, 0.3) is 0 Å². The number of halogens is 2. The highest BCUT2D eigenvalue weighted by Gasteiger charge is 2.30. The van der Waals surface area contributed by atoms with E-state index in [9.17, 15) is 4.39 Å². The van der Waals surface area contributed by atoms with Crippen LogP contribution in [0.15, 0.2) is 42.0 Å². The summed E-state index contributed by atoms with van der Waals surface area (Å²) in [5, 5.41) is 9.99. The summed E-state index contributed by atoms with van der Waals surface area (Å²) in [7, 11) is 3.40. The molecule has 0 fully saturated rings. The molecule has 0 amide bonds. The maximum atomic E-state index is 13.9. The molecule has 1 atom stereocenters. The van der Waals surface area contributed by atoms with Crippen LogP contribution >= 0.6 is 11.6 Å². The summed E-state index contributed by atoms with van der Waals surface area (Å²) in [5.74, 6) is 2.74. The van der Waals surface area contributed by atoms with Crippen molar-refractivity contribution in [2.24, 2.45) is 5.41 Å². The zero-order valence-electron chi connectivity index (χ0n) is 21.8. The van der Waals surface area contributed by atoms with Crippen LogP contribution in [0, 0.1) is 30.6 Å². The summed E-state index contributed by atoms with van der Waals surface area (Å²) in [5.41, 5.74) is 11.0. The second kappa shape index (κ2) is 10.3. The number of fused-ring (bicyclic) bond motifs is 1. The van der Waals surface area contributed by atoms with Crippen molar-refractivity contribution in [2.75, 3.05) is 31.3 Å². The molecule has 1 aromatic carbocycles. The van der Waals surface area contributed by atoms with Gasteiger partial charge in [0.05, 0.1) is 28.9 Å². The van der Waals surface area contributed by atoms with Crippen LogP contribution in [0.5, 0.6) is 0 Å². The minimum atomic E-state index is -0.549. The number of methoxy groups -OCH3 is 1. The van der Waals surface area contributed by atoms with Crippen LogP contribution in [-0.4, -0.2) is 35.7 Å². The van der Waals surface area contributed by atoms with E-state index < -0.39 is 12.0 Å². The van der Waals surface area contributed by atoms with Gasteiger partial charge in [-0.3, -0.25) is 9.99 Å². The van der Waals surface area contributed by atoms with Crippen molar-refractivity contribution in [2.45, 2.75) is 33.7 Å². The van der Waals surface area contributed by atoms with Crippen LogP contribution in [0.25, 0.3) is 10.9 Å². The number of aryl methyl sites for hydroxylation is 1. The Bertz CT molecular complexity index is 1410. The van der Waals surface area contributed by atoms with Crippen LogP contribution in [0.3, 0.4) is 0 Å². The molecule has 0 spiro atoms. The van der Waals surface area contributed by atoms with Gasteiger partial charge in [-0.2, -0.15) is 4.39 Å². The molecule has 0 saturated carbocycles. The fraction of sp³-hybridized carbons (Fsp3) is 0.333. The zero-order valence-corrected chi connectivity index (χ0v) is 22.5. The first-order valence-electron chi connectivity index (χ1n) is 11.8. The topological polar surface area (TPSA) is 86.4 Å². The second-order valence-electron chi connectivity index (χ2n) is 10.1. The maximum Gasteiger partial charge on any atom is 0.228 e. The van der Waals surface area contributed by atoms with Crippen LogP contribution < -0.4 is 21.6 Å². The SMILES string of the molecule is C#Cc1cnc2c(Cl)cc(N[C@H](C3=C(OC)N(C)NN3)c3ccc(F)nc3C)cc2c1NCC(C)(C)C. The first-order chi connectivity index (χ1) is 17.5. The van der Waals surface area contributed by atoms with E-state index >= 15 is 0 Å². The average molecular weight is 524 g/mol. The van der Waals surface area contributed by atoms with Crippen molar-refractivity contribution in [3.05, 3.63) is 69.8 Å². The minimum Gasteiger partial charge on any atom is -0.480 e. The Balaban J connectivity index is 1.86. The lowest BCUT2D eigenvalue weighted by Gasteiger charge is -2.24. The van der Waals surface area contributed by atoms with Crippen LogP contribution in [0.1, 0.15) is 43.6 Å². The van der Waals surface area contributed by atoms with E-state index in [1.54, 1.807) is 37.4 Å². The Morgan fingerprint density at radius 2 is 2.05 bits per heavy atom. The Kier molecular flexibility index (Phi) is 7.35. The molecule has 1 aliphatic rings. The molecule has 0 radical (unpaired) electrons. The lowest BCUT2D eigenvalue weighted by atomic mass is 9.96. The number of hydrogen-bond acceptors (Lipinski definition) is 8. The van der Waals surface area contributed by atoms with Gasteiger partial charge in [-0.25, -0.2) is 4.98 Å². The normalized spacial score (nSPS) is 14.4. The minimum absolute atomic E-state index is 0.0233. The molecule has 37 heavy (non-hydrogen) atoms. The molecule has 3 aromatic rings. The quantitative estimate of drug-likeness (QED) is 0.251. The summed E-state index contributed by atoms with van der Waals surface area (Å²) in [6, 6.07) is 6.31. The first kappa shape index (κ1) is 26.3. The van der Waals surface area contributed by atoms with E-state index in [1.165, 1.54) is 6.07 Å². The first-order valence-corrected chi connectivity index (χ1v) is 12.2. The molecule has 2 aromatic heterocycles. The number of anilines is 2. The third-order valence-electron chi connectivity index (χ3n) is 5.97. The van der Waals surface area contributed by atoms with E-state index in [0.717, 1.165) is 16.6 Å². The summed E-state index contributed by atoms with van der Waals surface area (Å²) >= 11 is 6.72. The molecular weight excluding hydrogens is 493 g/mol. The third kappa shape index (κ3) is 5.50.